The molecule has 2 bridgehead atoms. The second kappa shape index (κ2) is 20.1. The number of hydrogen-bond donors (Lipinski definition) is 7. The van der Waals surface area contributed by atoms with Gasteiger partial charge in [0.25, 0.3) is 0 Å². The summed E-state index contributed by atoms with van der Waals surface area (Å²) in [5.74, 6) is 5.85. The third-order valence-corrected chi connectivity index (χ3v) is 12.6. The molecule has 0 unspecified atom stereocenters. The van der Waals surface area contributed by atoms with Crippen molar-refractivity contribution in [2.75, 3.05) is 13.2 Å². The first-order chi connectivity index (χ1) is 26.4. The molecule has 1 heterocycles. The lowest BCUT2D eigenvalue weighted by atomic mass is 9.72. The summed E-state index contributed by atoms with van der Waals surface area (Å²) in [6, 6.07) is 15.0. The van der Waals surface area contributed by atoms with Crippen molar-refractivity contribution in [1.82, 2.24) is 5.32 Å². The number of benzene rings is 2. The molecule has 1 saturated carbocycles. The standard InChI is InChI=1S/C47H65NO7/c1-3-4-5-13-38(50)21-17-34-16-15-33-11-6-7-14-41(33)36-20-24-43(35-18-22-39(51)23-19-35)46(2,55)32-48-45(42(34)29-40(52)31-49)37(28-36)12-10-27-47(30-44(53)54)25-8-9-26-47/h6-7,11,14,17-19,21-23,36-38,40,43,45,48-52,55H,3-5,8-10,12-13,15-16,25-32H2,1-2H3,(H,53,54)/t36-,37+,38+,40+,43+,45-,46-/m1/s1. The number of aliphatic carboxylic acids is 1. The van der Waals surface area contributed by atoms with E-state index in [1.54, 1.807) is 19.1 Å². The highest BCUT2D eigenvalue weighted by Gasteiger charge is 2.39. The molecule has 2 aliphatic carbocycles. The smallest absolute Gasteiger partial charge is 0.303 e. The predicted molar refractivity (Wildman–Crippen MR) is 218 cm³/mol. The number of β-amino-alcohol motifs (C(OH)–C–C–N with tert-alkyl or cyclic N) is 1. The van der Waals surface area contributed by atoms with Crippen LogP contribution >= 0.6 is 0 Å². The fourth-order valence-corrected chi connectivity index (χ4v) is 9.55. The summed E-state index contributed by atoms with van der Waals surface area (Å²) in [4.78, 5) is 12.0. The second-order valence-corrected chi connectivity index (χ2v) is 17.0. The van der Waals surface area contributed by atoms with E-state index in [-0.39, 0.29) is 48.4 Å². The third kappa shape index (κ3) is 11.8. The first kappa shape index (κ1) is 42.7. The van der Waals surface area contributed by atoms with Crippen molar-refractivity contribution in [3.63, 3.8) is 0 Å². The molecule has 7 atom stereocenters. The molecule has 1 fully saturated rings. The Morgan fingerprint density at radius 1 is 1.02 bits per heavy atom. The van der Waals surface area contributed by atoms with E-state index in [1.165, 1.54) is 5.56 Å². The van der Waals surface area contributed by atoms with Gasteiger partial charge in [-0.3, -0.25) is 4.79 Å². The van der Waals surface area contributed by atoms with Crippen LogP contribution in [0.1, 0.15) is 139 Å². The van der Waals surface area contributed by atoms with E-state index in [1.807, 2.05) is 24.3 Å². The Bertz CT molecular complexity index is 1660. The van der Waals surface area contributed by atoms with Crippen molar-refractivity contribution < 1.29 is 35.4 Å². The van der Waals surface area contributed by atoms with Crippen molar-refractivity contribution >= 4 is 5.97 Å². The first-order valence-electron chi connectivity index (χ1n) is 20.9. The van der Waals surface area contributed by atoms with Crippen LogP contribution in [0.15, 0.2) is 71.8 Å². The monoisotopic (exact) mass is 755 g/mol. The van der Waals surface area contributed by atoms with Crippen LogP contribution in [0.4, 0.5) is 0 Å². The molecule has 8 nitrogen and oxygen atoms in total. The van der Waals surface area contributed by atoms with Gasteiger partial charge < -0.3 is 36.0 Å². The number of aryl methyl sites for hydroxylation is 1. The number of aliphatic hydroxyl groups excluding tert-OH is 3. The molecule has 0 saturated heterocycles. The summed E-state index contributed by atoms with van der Waals surface area (Å²) in [6.07, 6.45) is 14.9. The number of unbranched alkanes of at least 4 members (excludes halogenated alkanes) is 2. The van der Waals surface area contributed by atoms with Crippen molar-refractivity contribution in [3.05, 3.63) is 88.5 Å². The number of rotatable bonds is 16. The average Bonchev–Trinajstić information content (AvgIpc) is 3.61. The van der Waals surface area contributed by atoms with Crippen molar-refractivity contribution in [2.45, 2.75) is 152 Å². The fraction of sp³-hybridized carbons (Fsp3) is 0.596. The Kier molecular flexibility index (Phi) is 15.6. The molecule has 1 aliphatic heterocycles. The minimum absolute atomic E-state index is 0.00599. The number of fused-ring (bicyclic) bond motifs is 5. The summed E-state index contributed by atoms with van der Waals surface area (Å²) in [7, 11) is 0. The van der Waals surface area contributed by atoms with Crippen LogP contribution in [0, 0.1) is 23.2 Å². The molecule has 3 aliphatic rings. The zero-order valence-corrected chi connectivity index (χ0v) is 33.1. The van der Waals surface area contributed by atoms with Gasteiger partial charge in [0.2, 0.25) is 0 Å². The van der Waals surface area contributed by atoms with Gasteiger partial charge in [0, 0.05) is 18.5 Å². The van der Waals surface area contributed by atoms with Crippen molar-refractivity contribution in [2.24, 2.45) is 11.3 Å². The lowest BCUT2D eigenvalue weighted by Crippen LogP contribution is -2.50. The molecule has 2 aromatic rings. The van der Waals surface area contributed by atoms with Gasteiger partial charge in [0.1, 0.15) is 5.75 Å². The highest BCUT2D eigenvalue weighted by atomic mass is 16.4. The Hall–Kier alpha value is -3.45. The zero-order chi connectivity index (χ0) is 39.4. The fourth-order valence-electron chi connectivity index (χ4n) is 9.55. The van der Waals surface area contributed by atoms with Crippen LogP contribution in [0.2, 0.25) is 0 Å². The first-order valence-corrected chi connectivity index (χ1v) is 20.9. The van der Waals surface area contributed by atoms with Gasteiger partial charge >= 0.3 is 5.97 Å². The maximum atomic E-state index is 12.3. The molecule has 0 radical (unpaired) electrons. The number of allylic oxidation sites excluding steroid dienone is 2. The maximum Gasteiger partial charge on any atom is 0.303 e. The number of carbonyl (C=O) groups is 1. The number of carboxylic acids is 1. The number of carboxylic acid groups (broad SMARTS) is 1. The van der Waals surface area contributed by atoms with Crippen molar-refractivity contribution in [1.29, 1.82) is 0 Å². The summed E-state index contributed by atoms with van der Waals surface area (Å²) in [6.45, 7) is 3.73. The topological polar surface area (TPSA) is 150 Å². The normalized spacial score (nSPS) is 26.6. The molecule has 0 spiro atoms. The summed E-state index contributed by atoms with van der Waals surface area (Å²) in [5.41, 5.74) is 3.58. The predicted octanol–water partition coefficient (Wildman–Crippen LogP) is 7.68. The second-order valence-electron chi connectivity index (χ2n) is 17.0. The minimum Gasteiger partial charge on any atom is -0.508 e. The number of phenolic OH excluding ortho intramolecular Hbond substituents is 1. The number of nitrogens with one attached hydrogen (secondary N) is 1. The SMILES string of the molecule is CCCCC[C@H](O)C=CC1=C(C[C@H](O)CO)[C@@H]2NC[C@@](C)(O)[C@H](c3ccc(O)cc3)C#C[C@H](C[C@@H]2CCCC2(CC(=O)O)CCCC2)c2ccccc2CC1. The molecule has 2 aromatic carbocycles. The zero-order valence-electron chi connectivity index (χ0n) is 33.1. The van der Waals surface area contributed by atoms with Crippen LogP contribution in [0.3, 0.4) is 0 Å². The molecular weight excluding hydrogens is 691 g/mol. The van der Waals surface area contributed by atoms with Gasteiger partial charge in [-0.25, -0.2) is 0 Å². The Balaban J connectivity index is 1.66. The van der Waals surface area contributed by atoms with Crippen LogP contribution in [-0.4, -0.2) is 73.6 Å². The quantitative estimate of drug-likeness (QED) is 0.0682. The van der Waals surface area contributed by atoms with E-state index >= 15 is 0 Å². The lowest BCUT2D eigenvalue weighted by Gasteiger charge is -2.40. The van der Waals surface area contributed by atoms with Crippen LogP contribution < -0.4 is 5.32 Å². The Morgan fingerprint density at radius 3 is 2.47 bits per heavy atom. The highest BCUT2D eigenvalue weighted by Crippen LogP contribution is 2.46. The number of hydrogen-bond acceptors (Lipinski definition) is 7. The van der Waals surface area contributed by atoms with Crippen molar-refractivity contribution in [3.8, 4) is 17.6 Å². The summed E-state index contributed by atoms with van der Waals surface area (Å²) in [5, 5.41) is 68.5. The van der Waals surface area contributed by atoms with Gasteiger partial charge in [0.15, 0.2) is 0 Å². The summed E-state index contributed by atoms with van der Waals surface area (Å²) < 4.78 is 0. The van der Waals surface area contributed by atoms with E-state index in [0.29, 0.717) is 19.3 Å². The van der Waals surface area contributed by atoms with E-state index in [2.05, 4.69) is 48.3 Å². The van der Waals surface area contributed by atoms with E-state index < -0.39 is 36.3 Å². The average molecular weight is 756 g/mol. The van der Waals surface area contributed by atoms with Gasteiger partial charge in [0.05, 0.1) is 36.8 Å². The molecule has 0 aromatic heterocycles. The van der Waals surface area contributed by atoms with Gasteiger partial charge in [-0.15, -0.1) is 0 Å². The molecule has 8 heteroatoms. The minimum atomic E-state index is -1.33. The van der Waals surface area contributed by atoms with Gasteiger partial charge in [-0.05, 0) is 116 Å². The number of aromatic hydroxyl groups is 1. The Morgan fingerprint density at radius 2 is 1.76 bits per heavy atom. The third-order valence-electron chi connectivity index (χ3n) is 12.6. The number of aliphatic hydroxyl groups is 4. The van der Waals surface area contributed by atoms with Crippen LogP contribution in [-0.2, 0) is 11.2 Å². The van der Waals surface area contributed by atoms with E-state index in [9.17, 15) is 35.4 Å². The molecule has 55 heavy (non-hydrogen) atoms. The molecule has 0 amide bonds. The number of phenols is 1. The largest absolute Gasteiger partial charge is 0.508 e. The van der Waals surface area contributed by atoms with Crippen LogP contribution in [0.5, 0.6) is 5.75 Å². The van der Waals surface area contributed by atoms with E-state index in [0.717, 1.165) is 92.9 Å². The molecule has 5 rings (SSSR count). The molecule has 7 N–H and O–H groups in total. The maximum absolute atomic E-state index is 12.3. The molecular formula is C47H65NO7. The summed E-state index contributed by atoms with van der Waals surface area (Å²) >= 11 is 0. The Labute approximate surface area is 328 Å². The van der Waals surface area contributed by atoms with Gasteiger partial charge in [-0.1, -0.05) is 106 Å². The highest BCUT2D eigenvalue weighted by molar-refractivity contribution is 5.67. The van der Waals surface area contributed by atoms with E-state index in [4.69, 9.17) is 0 Å². The van der Waals surface area contributed by atoms with Gasteiger partial charge in [-0.2, -0.15) is 0 Å². The molecule has 300 valence electrons. The lowest BCUT2D eigenvalue weighted by molar-refractivity contribution is -0.139. The van der Waals surface area contributed by atoms with Crippen LogP contribution in [0.25, 0.3) is 0 Å².